The number of carbonyl (C=O) groups is 1. The molecule has 0 aliphatic carbocycles. The third-order valence-corrected chi connectivity index (χ3v) is 6.90. The van der Waals surface area contributed by atoms with Gasteiger partial charge in [-0.3, -0.25) is 0 Å². The normalized spacial score (nSPS) is 19.8. The Morgan fingerprint density at radius 3 is 2.81 bits per heavy atom. The van der Waals surface area contributed by atoms with Gasteiger partial charge in [0.1, 0.15) is 10.3 Å². The smallest absolute Gasteiger partial charge is 0.339 e. The van der Waals surface area contributed by atoms with Crippen molar-refractivity contribution >= 4 is 27.1 Å². The Kier molecular flexibility index (Phi) is 3.59. The zero-order chi connectivity index (χ0) is 15.0. The van der Waals surface area contributed by atoms with Crippen molar-refractivity contribution in [3.8, 4) is 0 Å². The summed E-state index contributed by atoms with van der Waals surface area (Å²) in [6.07, 6.45) is -0.175. The van der Waals surface area contributed by atoms with Crippen molar-refractivity contribution in [3.63, 3.8) is 0 Å². The molecule has 0 amide bonds. The molecule has 1 aromatic heterocycles. The Labute approximate surface area is 127 Å². The standard InChI is InChI=1S/C15H14O4S2/c1-10-4-2-3-5-11(10)14(16)19-13-7-9-21(17,18)15-12(13)6-8-20-15/h2-6,8,13H,7,9H2,1H3/t13-/m0/s1. The van der Waals surface area contributed by atoms with Gasteiger partial charge in [-0.2, -0.15) is 0 Å². The Morgan fingerprint density at radius 2 is 2.05 bits per heavy atom. The molecule has 0 unspecified atom stereocenters. The van der Waals surface area contributed by atoms with E-state index in [0.717, 1.165) is 5.56 Å². The second-order valence-electron chi connectivity index (χ2n) is 4.98. The first-order valence-corrected chi connectivity index (χ1v) is 9.09. The van der Waals surface area contributed by atoms with Crippen molar-refractivity contribution in [1.82, 2.24) is 0 Å². The van der Waals surface area contributed by atoms with E-state index in [9.17, 15) is 13.2 Å². The molecule has 3 rings (SSSR count). The maximum atomic E-state index is 12.3. The Balaban J connectivity index is 1.88. The van der Waals surface area contributed by atoms with E-state index in [-0.39, 0.29) is 5.75 Å². The first-order valence-electron chi connectivity index (χ1n) is 6.56. The molecule has 6 heteroatoms. The van der Waals surface area contributed by atoms with Crippen LogP contribution in [-0.2, 0) is 14.6 Å². The predicted molar refractivity (Wildman–Crippen MR) is 80.3 cm³/mol. The Bertz CT molecular complexity index is 790. The summed E-state index contributed by atoms with van der Waals surface area (Å²) in [5.41, 5.74) is 1.97. The number of carbonyl (C=O) groups excluding carboxylic acids is 1. The second kappa shape index (κ2) is 5.27. The molecule has 110 valence electrons. The summed E-state index contributed by atoms with van der Waals surface area (Å²) in [7, 11) is -3.21. The van der Waals surface area contributed by atoms with E-state index >= 15 is 0 Å². The molecule has 0 fully saturated rings. The van der Waals surface area contributed by atoms with Gasteiger partial charge in [-0.25, -0.2) is 13.2 Å². The summed E-state index contributed by atoms with van der Waals surface area (Å²) in [5, 5.41) is 1.72. The Hall–Kier alpha value is -1.66. The average Bonchev–Trinajstić information content (AvgIpc) is 2.93. The molecular weight excluding hydrogens is 308 g/mol. The number of esters is 1. The monoisotopic (exact) mass is 322 g/mol. The molecule has 0 bridgehead atoms. The molecule has 4 nitrogen and oxygen atoms in total. The van der Waals surface area contributed by atoms with Crippen LogP contribution in [0.5, 0.6) is 0 Å². The molecule has 0 saturated heterocycles. The molecule has 1 atom stereocenters. The molecule has 2 heterocycles. The summed E-state index contributed by atoms with van der Waals surface area (Å²) >= 11 is 1.18. The van der Waals surface area contributed by atoms with E-state index < -0.39 is 21.9 Å². The number of thiophene rings is 1. The van der Waals surface area contributed by atoms with Crippen molar-refractivity contribution in [1.29, 1.82) is 0 Å². The quantitative estimate of drug-likeness (QED) is 0.797. The number of rotatable bonds is 2. The van der Waals surface area contributed by atoms with Gasteiger partial charge in [0, 0.05) is 12.0 Å². The van der Waals surface area contributed by atoms with E-state index in [1.165, 1.54) is 11.3 Å². The van der Waals surface area contributed by atoms with E-state index in [4.69, 9.17) is 4.74 Å². The van der Waals surface area contributed by atoms with Crippen molar-refractivity contribution in [2.24, 2.45) is 0 Å². The highest BCUT2D eigenvalue weighted by Crippen LogP contribution is 2.38. The fourth-order valence-electron chi connectivity index (χ4n) is 2.42. The maximum absolute atomic E-state index is 12.3. The molecule has 1 aliphatic heterocycles. The lowest BCUT2D eigenvalue weighted by molar-refractivity contribution is 0.0279. The van der Waals surface area contributed by atoms with Crippen molar-refractivity contribution in [3.05, 3.63) is 52.4 Å². The maximum Gasteiger partial charge on any atom is 0.339 e. The van der Waals surface area contributed by atoms with Gasteiger partial charge in [-0.05, 0) is 30.0 Å². The van der Waals surface area contributed by atoms with Crippen LogP contribution in [0.15, 0.2) is 39.9 Å². The Morgan fingerprint density at radius 1 is 1.29 bits per heavy atom. The minimum absolute atomic E-state index is 0.0201. The first kappa shape index (κ1) is 14.3. The van der Waals surface area contributed by atoms with Crippen molar-refractivity contribution in [2.45, 2.75) is 23.7 Å². The van der Waals surface area contributed by atoms with Crippen LogP contribution in [0.1, 0.15) is 34.0 Å². The SMILES string of the molecule is Cc1ccccc1C(=O)O[C@H]1CCS(=O)(=O)c2sccc21. The second-order valence-corrected chi connectivity index (χ2v) is 8.20. The molecule has 21 heavy (non-hydrogen) atoms. The third kappa shape index (κ3) is 2.61. The summed E-state index contributed by atoms with van der Waals surface area (Å²) in [6, 6.07) is 8.93. The number of hydrogen-bond donors (Lipinski definition) is 0. The number of sulfone groups is 1. The minimum Gasteiger partial charge on any atom is -0.454 e. The lowest BCUT2D eigenvalue weighted by Crippen LogP contribution is -2.22. The van der Waals surface area contributed by atoms with E-state index in [2.05, 4.69) is 0 Å². The van der Waals surface area contributed by atoms with E-state index in [1.54, 1.807) is 23.6 Å². The van der Waals surface area contributed by atoms with E-state index in [1.807, 2.05) is 19.1 Å². The molecule has 0 N–H and O–H groups in total. The summed E-state index contributed by atoms with van der Waals surface area (Å²) in [4.78, 5) is 12.3. The lowest BCUT2D eigenvalue weighted by Gasteiger charge is -2.23. The first-order chi connectivity index (χ1) is 9.99. The van der Waals surface area contributed by atoms with Crippen LogP contribution in [0.2, 0.25) is 0 Å². The van der Waals surface area contributed by atoms with Crippen LogP contribution in [0.3, 0.4) is 0 Å². The average molecular weight is 322 g/mol. The number of benzene rings is 1. The minimum atomic E-state index is -3.21. The lowest BCUT2D eigenvalue weighted by atomic mass is 10.1. The van der Waals surface area contributed by atoms with Crippen LogP contribution in [0.4, 0.5) is 0 Å². The zero-order valence-electron chi connectivity index (χ0n) is 11.4. The van der Waals surface area contributed by atoms with Gasteiger partial charge in [0.05, 0.1) is 11.3 Å². The van der Waals surface area contributed by atoms with E-state index in [0.29, 0.717) is 21.8 Å². The zero-order valence-corrected chi connectivity index (χ0v) is 13.0. The molecule has 0 radical (unpaired) electrons. The van der Waals surface area contributed by atoms with Crippen LogP contribution < -0.4 is 0 Å². The van der Waals surface area contributed by atoms with Gasteiger partial charge >= 0.3 is 5.97 Å². The van der Waals surface area contributed by atoms with Gasteiger partial charge in [0.2, 0.25) is 0 Å². The van der Waals surface area contributed by atoms with Crippen molar-refractivity contribution in [2.75, 3.05) is 5.75 Å². The number of ether oxygens (including phenoxy) is 1. The largest absolute Gasteiger partial charge is 0.454 e. The van der Waals surface area contributed by atoms with Crippen molar-refractivity contribution < 1.29 is 17.9 Å². The summed E-state index contributed by atoms with van der Waals surface area (Å²) < 4.78 is 29.8. The topological polar surface area (TPSA) is 60.4 Å². The highest BCUT2D eigenvalue weighted by Gasteiger charge is 2.34. The molecule has 0 spiro atoms. The van der Waals surface area contributed by atoms with Gasteiger partial charge in [0.25, 0.3) is 0 Å². The third-order valence-electron chi connectivity index (χ3n) is 3.55. The van der Waals surface area contributed by atoms with Crippen LogP contribution in [0.25, 0.3) is 0 Å². The molecule has 1 aliphatic rings. The highest BCUT2D eigenvalue weighted by atomic mass is 32.2. The van der Waals surface area contributed by atoms with Crippen LogP contribution >= 0.6 is 11.3 Å². The van der Waals surface area contributed by atoms with Gasteiger partial charge in [0.15, 0.2) is 9.84 Å². The van der Waals surface area contributed by atoms with Crippen LogP contribution in [0, 0.1) is 6.92 Å². The van der Waals surface area contributed by atoms with Gasteiger partial charge in [-0.15, -0.1) is 11.3 Å². The summed E-state index contributed by atoms with van der Waals surface area (Å²) in [5.74, 6) is -0.388. The van der Waals surface area contributed by atoms with Gasteiger partial charge in [-0.1, -0.05) is 18.2 Å². The summed E-state index contributed by atoms with van der Waals surface area (Å²) in [6.45, 7) is 1.85. The number of hydrogen-bond acceptors (Lipinski definition) is 5. The fourth-order valence-corrected chi connectivity index (χ4v) is 5.37. The molecule has 2 aromatic rings. The fraction of sp³-hybridized carbons (Fsp3) is 0.267. The predicted octanol–water partition coefficient (Wildman–Crippen LogP) is 3.13. The number of aryl methyl sites for hydroxylation is 1. The highest BCUT2D eigenvalue weighted by molar-refractivity contribution is 7.93. The van der Waals surface area contributed by atoms with Crippen LogP contribution in [-0.4, -0.2) is 20.1 Å². The molecule has 1 aromatic carbocycles. The molecule has 0 saturated carbocycles. The number of fused-ring (bicyclic) bond motifs is 1. The molecular formula is C15H14O4S2. The van der Waals surface area contributed by atoms with Gasteiger partial charge < -0.3 is 4.74 Å².